The Kier molecular flexibility index (Phi) is 4.98. The topological polar surface area (TPSA) is 47.9 Å². The van der Waals surface area contributed by atoms with E-state index in [-0.39, 0.29) is 5.97 Å². The summed E-state index contributed by atoms with van der Waals surface area (Å²) >= 11 is 0. The number of esters is 1. The molecule has 0 aromatic heterocycles. The Hall–Kier alpha value is -1.06. The van der Waals surface area contributed by atoms with Crippen molar-refractivity contribution in [1.29, 1.82) is 0 Å². The van der Waals surface area contributed by atoms with Crippen LogP contribution in [0, 0.1) is 0 Å². The lowest BCUT2D eigenvalue weighted by Gasteiger charge is -1.93. The van der Waals surface area contributed by atoms with Crippen molar-refractivity contribution in [3.05, 3.63) is 0 Å². The molecule has 0 saturated carbocycles. The average Bonchev–Trinajstić information content (AvgIpc) is 2.62. The maximum absolute atomic E-state index is 10.5. The Morgan fingerprint density at radius 3 is 2.77 bits per heavy atom. The molecule has 0 aliphatic carbocycles. The number of cyclic esters (lactones) is 1. The lowest BCUT2D eigenvalue weighted by molar-refractivity contribution is -0.142. The van der Waals surface area contributed by atoms with Crippen molar-refractivity contribution < 1.29 is 14.3 Å². The first kappa shape index (κ1) is 10.0. The van der Waals surface area contributed by atoms with Gasteiger partial charge in [0.25, 0.3) is 0 Å². The van der Waals surface area contributed by atoms with Gasteiger partial charge in [-0.05, 0) is 19.3 Å². The normalized spacial score (nSPS) is 20.8. The first-order valence-electron chi connectivity index (χ1n) is 4.65. The molecule has 1 saturated heterocycles. The van der Waals surface area contributed by atoms with Gasteiger partial charge in [0.1, 0.15) is 6.61 Å². The minimum absolute atomic E-state index is 0.0255. The zero-order chi connectivity index (χ0) is 9.36. The molecule has 2 aliphatic rings. The fourth-order valence-corrected chi connectivity index (χ4v) is 1.07. The number of rotatable bonds is 0. The zero-order valence-corrected chi connectivity index (χ0v) is 7.70. The molecule has 4 heteroatoms. The standard InChI is InChI=1S/C6H10O2.C3H5NO/c7-6-4-2-1-3-5-8-6;1-2-5-3-4-1/h1-5H2;3H,1-2H2. The minimum atomic E-state index is -0.0255. The molecule has 0 amide bonds. The van der Waals surface area contributed by atoms with Crippen molar-refractivity contribution in [1.82, 2.24) is 0 Å². The Labute approximate surface area is 77.9 Å². The summed E-state index contributed by atoms with van der Waals surface area (Å²) in [5.74, 6) is -0.0255. The summed E-state index contributed by atoms with van der Waals surface area (Å²) in [6, 6.07) is 0. The maximum atomic E-state index is 10.5. The summed E-state index contributed by atoms with van der Waals surface area (Å²) in [5.41, 5.74) is 0. The Morgan fingerprint density at radius 1 is 1.23 bits per heavy atom. The van der Waals surface area contributed by atoms with Crippen LogP contribution in [0.5, 0.6) is 0 Å². The molecule has 0 aromatic carbocycles. The SMILES string of the molecule is C1=NCCO1.O=C1CCCCCO1. The van der Waals surface area contributed by atoms with E-state index in [1.165, 1.54) is 6.40 Å². The highest BCUT2D eigenvalue weighted by Gasteiger charge is 2.05. The van der Waals surface area contributed by atoms with Crippen LogP contribution < -0.4 is 0 Å². The van der Waals surface area contributed by atoms with E-state index in [1.54, 1.807) is 0 Å². The molecule has 4 nitrogen and oxygen atoms in total. The van der Waals surface area contributed by atoms with E-state index in [0.717, 1.165) is 32.4 Å². The Balaban J connectivity index is 0.000000145. The van der Waals surface area contributed by atoms with Crippen LogP contribution in [0.4, 0.5) is 0 Å². The van der Waals surface area contributed by atoms with E-state index in [1.807, 2.05) is 0 Å². The van der Waals surface area contributed by atoms with Gasteiger partial charge in [-0.3, -0.25) is 9.79 Å². The zero-order valence-electron chi connectivity index (χ0n) is 7.70. The number of hydrogen-bond acceptors (Lipinski definition) is 4. The lowest BCUT2D eigenvalue weighted by Crippen LogP contribution is -2.00. The van der Waals surface area contributed by atoms with Gasteiger partial charge in [0.2, 0.25) is 0 Å². The van der Waals surface area contributed by atoms with Crippen molar-refractivity contribution in [2.45, 2.75) is 25.7 Å². The molecule has 0 N–H and O–H groups in total. The van der Waals surface area contributed by atoms with Crippen molar-refractivity contribution in [2.24, 2.45) is 4.99 Å². The summed E-state index contributed by atoms with van der Waals surface area (Å²) in [4.78, 5) is 14.2. The third kappa shape index (κ3) is 5.22. The van der Waals surface area contributed by atoms with Gasteiger partial charge in [-0.2, -0.15) is 0 Å². The fraction of sp³-hybridized carbons (Fsp3) is 0.778. The molecular weight excluding hydrogens is 170 g/mol. The minimum Gasteiger partial charge on any atom is -0.482 e. The van der Waals surface area contributed by atoms with Crippen LogP contribution >= 0.6 is 0 Å². The largest absolute Gasteiger partial charge is 0.482 e. The molecule has 0 atom stereocenters. The second kappa shape index (κ2) is 6.46. The van der Waals surface area contributed by atoms with E-state index in [0.29, 0.717) is 13.0 Å². The molecular formula is C9H15NO3. The van der Waals surface area contributed by atoms with Gasteiger partial charge in [-0.25, -0.2) is 0 Å². The number of aliphatic imine (C=N–C) groups is 1. The quantitative estimate of drug-likeness (QED) is 0.532. The predicted octanol–water partition coefficient (Wildman–Crippen LogP) is 1.15. The molecule has 0 spiro atoms. The molecule has 0 aromatic rings. The van der Waals surface area contributed by atoms with Crippen LogP contribution in [0.15, 0.2) is 4.99 Å². The number of carbonyl (C=O) groups is 1. The van der Waals surface area contributed by atoms with E-state index < -0.39 is 0 Å². The van der Waals surface area contributed by atoms with Crippen molar-refractivity contribution >= 4 is 12.4 Å². The van der Waals surface area contributed by atoms with E-state index in [4.69, 9.17) is 4.74 Å². The molecule has 0 bridgehead atoms. The molecule has 2 aliphatic heterocycles. The van der Waals surface area contributed by atoms with Gasteiger partial charge >= 0.3 is 5.97 Å². The maximum Gasteiger partial charge on any atom is 0.305 e. The summed E-state index contributed by atoms with van der Waals surface area (Å²) in [6.07, 6.45) is 5.32. The van der Waals surface area contributed by atoms with Gasteiger partial charge in [0, 0.05) is 6.42 Å². The van der Waals surface area contributed by atoms with E-state index in [9.17, 15) is 4.79 Å². The summed E-state index contributed by atoms with van der Waals surface area (Å²) in [6.45, 7) is 2.26. The molecule has 74 valence electrons. The number of carbonyl (C=O) groups excluding carboxylic acids is 1. The summed E-state index contributed by atoms with van der Waals surface area (Å²) < 4.78 is 9.42. The highest BCUT2D eigenvalue weighted by Crippen LogP contribution is 2.06. The Bertz CT molecular complexity index is 164. The molecule has 1 fully saturated rings. The van der Waals surface area contributed by atoms with Gasteiger partial charge in [0.15, 0.2) is 6.40 Å². The van der Waals surface area contributed by atoms with Crippen molar-refractivity contribution in [3.63, 3.8) is 0 Å². The molecule has 0 unspecified atom stereocenters. The predicted molar refractivity (Wildman–Crippen MR) is 48.7 cm³/mol. The molecule has 13 heavy (non-hydrogen) atoms. The fourth-order valence-electron chi connectivity index (χ4n) is 1.07. The highest BCUT2D eigenvalue weighted by atomic mass is 16.5. The number of nitrogens with zero attached hydrogens (tertiary/aromatic N) is 1. The monoisotopic (exact) mass is 185 g/mol. The lowest BCUT2D eigenvalue weighted by atomic mass is 10.2. The number of ether oxygens (including phenoxy) is 2. The van der Waals surface area contributed by atoms with Gasteiger partial charge in [-0.15, -0.1) is 0 Å². The van der Waals surface area contributed by atoms with Crippen molar-refractivity contribution in [2.75, 3.05) is 19.8 Å². The van der Waals surface area contributed by atoms with Crippen LogP contribution in [0.2, 0.25) is 0 Å². The van der Waals surface area contributed by atoms with Crippen LogP contribution in [-0.2, 0) is 14.3 Å². The summed E-state index contributed by atoms with van der Waals surface area (Å²) in [7, 11) is 0. The van der Waals surface area contributed by atoms with E-state index in [2.05, 4.69) is 9.73 Å². The second-order valence-corrected chi connectivity index (χ2v) is 2.91. The summed E-state index contributed by atoms with van der Waals surface area (Å²) in [5, 5.41) is 0. The second-order valence-electron chi connectivity index (χ2n) is 2.91. The average molecular weight is 185 g/mol. The molecule has 2 rings (SSSR count). The Morgan fingerprint density at radius 2 is 2.15 bits per heavy atom. The van der Waals surface area contributed by atoms with Crippen molar-refractivity contribution in [3.8, 4) is 0 Å². The smallest absolute Gasteiger partial charge is 0.305 e. The van der Waals surface area contributed by atoms with Crippen LogP contribution in [0.25, 0.3) is 0 Å². The first-order valence-corrected chi connectivity index (χ1v) is 4.65. The highest BCUT2D eigenvalue weighted by molar-refractivity contribution is 5.69. The van der Waals surface area contributed by atoms with Gasteiger partial charge in [0.05, 0.1) is 13.2 Å². The first-order chi connectivity index (χ1) is 6.39. The van der Waals surface area contributed by atoms with Gasteiger partial charge in [-0.1, -0.05) is 0 Å². The van der Waals surface area contributed by atoms with Crippen LogP contribution in [-0.4, -0.2) is 32.1 Å². The number of hydrogen-bond donors (Lipinski definition) is 0. The van der Waals surface area contributed by atoms with Crippen LogP contribution in [0.1, 0.15) is 25.7 Å². The van der Waals surface area contributed by atoms with E-state index >= 15 is 0 Å². The molecule has 2 heterocycles. The molecule has 0 radical (unpaired) electrons. The van der Waals surface area contributed by atoms with Gasteiger partial charge < -0.3 is 9.47 Å². The third-order valence-corrected chi connectivity index (χ3v) is 1.78. The third-order valence-electron chi connectivity index (χ3n) is 1.78. The van der Waals surface area contributed by atoms with Crippen LogP contribution in [0.3, 0.4) is 0 Å².